The molecule has 6 nitrogen and oxygen atoms in total. The number of benzene rings is 1. The van der Waals surface area contributed by atoms with E-state index in [1.165, 1.54) is 18.5 Å². The van der Waals surface area contributed by atoms with Crippen molar-refractivity contribution in [2.24, 2.45) is 0 Å². The summed E-state index contributed by atoms with van der Waals surface area (Å²) in [7, 11) is 0. The minimum Gasteiger partial charge on any atom is -0.372 e. The van der Waals surface area contributed by atoms with Crippen LogP contribution < -0.4 is 10.2 Å². The quantitative estimate of drug-likeness (QED) is 0.641. The smallest absolute Gasteiger partial charge is 0.252 e. The van der Waals surface area contributed by atoms with E-state index >= 15 is 0 Å². The monoisotopic (exact) mass is 403 g/mol. The zero-order valence-corrected chi connectivity index (χ0v) is 17.6. The molecule has 0 unspecified atom stereocenters. The average Bonchev–Trinajstić information content (AvgIpc) is 3.33. The van der Waals surface area contributed by atoms with Gasteiger partial charge >= 0.3 is 0 Å². The normalized spacial score (nSPS) is 16.4. The molecule has 1 aliphatic heterocycles. The summed E-state index contributed by atoms with van der Waals surface area (Å²) in [6.07, 6.45) is 7.64. The first kappa shape index (κ1) is 19.1. The van der Waals surface area contributed by atoms with E-state index in [1.807, 2.05) is 10.7 Å². The van der Waals surface area contributed by atoms with Crippen LogP contribution in [0, 0.1) is 0 Å². The maximum Gasteiger partial charge on any atom is 0.252 e. The molecule has 5 rings (SSSR count). The highest BCUT2D eigenvalue weighted by Gasteiger charge is 2.28. The van der Waals surface area contributed by atoms with Crippen LogP contribution in [0.4, 0.5) is 5.69 Å². The molecule has 2 fully saturated rings. The number of nitrogens with one attached hydrogen (secondary N) is 1. The lowest BCUT2D eigenvalue weighted by Gasteiger charge is -2.17. The van der Waals surface area contributed by atoms with E-state index in [0.717, 1.165) is 61.2 Å². The van der Waals surface area contributed by atoms with Crippen molar-refractivity contribution in [3.05, 3.63) is 53.3 Å². The molecule has 1 saturated heterocycles. The highest BCUT2D eigenvalue weighted by molar-refractivity contribution is 6.05. The number of amides is 1. The number of nitrogens with zero attached hydrogens (tertiary/aromatic N) is 4. The van der Waals surface area contributed by atoms with Crippen LogP contribution >= 0.6 is 0 Å². The highest BCUT2D eigenvalue weighted by atomic mass is 16.1. The molecule has 0 radical (unpaired) electrons. The van der Waals surface area contributed by atoms with Crippen LogP contribution in [0.3, 0.4) is 0 Å². The van der Waals surface area contributed by atoms with E-state index < -0.39 is 0 Å². The van der Waals surface area contributed by atoms with Crippen molar-refractivity contribution >= 4 is 22.6 Å². The molecule has 0 atom stereocenters. The molecule has 2 aliphatic rings. The number of pyridine rings is 1. The lowest BCUT2D eigenvalue weighted by Crippen LogP contribution is -2.23. The van der Waals surface area contributed by atoms with Crippen LogP contribution in [0.15, 0.2) is 36.5 Å². The maximum atomic E-state index is 13.1. The van der Waals surface area contributed by atoms with Crippen molar-refractivity contribution in [1.29, 1.82) is 0 Å². The first-order valence-corrected chi connectivity index (χ1v) is 11.2. The topological polar surface area (TPSA) is 63.1 Å². The van der Waals surface area contributed by atoms with Gasteiger partial charge in [-0.2, -0.15) is 5.10 Å². The SMILES string of the molecule is CCCn1ncc2c(C(=O)NCc3ccc(N4CCCC4)cc3)cc(C3CC3)nc21. The molecule has 0 spiro atoms. The summed E-state index contributed by atoms with van der Waals surface area (Å²) < 4.78 is 1.93. The second-order valence-electron chi connectivity index (χ2n) is 8.52. The number of hydrogen-bond acceptors (Lipinski definition) is 4. The number of hydrogen-bond donors (Lipinski definition) is 1. The molecular formula is C24H29N5O. The Morgan fingerprint density at radius 1 is 1.17 bits per heavy atom. The van der Waals surface area contributed by atoms with Gasteiger partial charge in [0.1, 0.15) is 0 Å². The third-order valence-corrected chi connectivity index (χ3v) is 6.17. The van der Waals surface area contributed by atoms with E-state index in [2.05, 4.69) is 46.5 Å². The zero-order chi connectivity index (χ0) is 20.5. The third-order valence-electron chi connectivity index (χ3n) is 6.17. The van der Waals surface area contributed by atoms with Crippen molar-refractivity contribution in [1.82, 2.24) is 20.1 Å². The molecule has 3 heterocycles. The minimum atomic E-state index is -0.0519. The van der Waals surface area contributed by atoms with Gasteiger partial charge < -0.3 is 10.2 Å². The van der Waals surface area contributed by atoms with Crippen LogP contribution in [-0.4, -0.2) is 33.8 Å². The summed E-state index contributed by atoms with van der Waals surface area (Å²) in [6.45, 7) is 5.74. The van der Waals surface area contributed by atoms with Crippen LogP contribution in [0.1, 0.15) is 66.6 Å². The molecule has 3 aromatic rings. The Morgan fingerprint density at radius 2 is 1.93 bits per heavy atom. The largest absolute Gasteiger partial charge is 0.372 e. The van der Waals surface area contributed by atoms with Crippen LogP contribution in [0.2, 0.25) is 0 Å². The highest BCUT2D eigenvalue weighted by Crippen LogP contribution is 2.40. The molecule has 30 heavy (non-hydrogen) atoms. The predicted octanol–water partition coefficient (Wildman–Crippen LogP) is 4.25. The summed E-state index contributed by atoms with van der Waals surface area (Å²) >= 11 is 0. The number of carbonyl (C=O) groups excluding carboxylic acids is 1. The van der Waals surface area contributed by atoms with Crippen LogP contribution in [0.25, 0.3) is 11.0 Å². The van der Waals surface area contributed by atoms with Gasteiger partial charge in [-0.1, -0.05) is 19.1 Å². The van der Waals surface area contributed by atoms with E-state index in [9.17, 15) is 4.79 Å². The van der Waals surface area contributed by atoms with Gasteiger partial charge in [-0.15, -0.1) is 0 Å². The fourth-order valence-corrected chi connectivity index (χ4v) is 4.30. The van der Waals surface area contributed by atoms with Crippen molar-refractivity contribution in [3.63, 3.8) is 0 Å². The van der Waals surface area contributed by atoms with Gasteiger partial charge in [0.25, 0.3) is 5.91 Å². The number of rotatable bonds is 7. The Hall–Kier alpha value is -2.89. The second-order valence-corrected chi connectivity index (χ2v) is 8.52. The number of aryl methyl sites for hydroxylation is 1. The molecule has 1 aliphatic carbocycles. The van der Waals surface area contributed by atoms with Gasteiger partial charge in [0.2, 0.25) is 0 Å². The third kappa shape index (κ3) is 3.78. The minimum absolute atomic E-state index is 0.0519. The molecule has 1 aromatic carbocycles. The van der Waals surface area contributed by atoms with Crippen molar-refractivity contribution < 1.29 is 4.79 Å². The summed E-state index contributed by atoms with van der Waals surface area (Å²) in [5.41, 5.74) is 4.94. The molecular weight excluding hydrogens is 374 g/mol. The average molecular weight is 404 g/mol. The Balaban J connectivity index is 1.34. The standard InChI is InChI=1S/C24H29N5O/c1-2-11-29-23-21(16-26-29)20(14-22(27-23)18-7-8-18)24(30)25-15-17-5-9-19(10-6-17)28-12-3-4-13-28/h5-6,9-10,14,16,18H,2-4,7-8,11-13,15H2,1H3,(H,25,30). The van der Waals surface area contributed by atoms with Gasteiger partial charge in [-0.3, -0.25) is 4.79 Å². The maximum absolute atomic E-state index is 13.1. The van der Waals surface area contributed by atoms with E-state index in [4.69, 9.17) is 4.98 Å². The summed E-state index contributed by atoms with van der Waals surface area (Å²) in [5.74, 6) is 0.438. The van der Waals surface area contributed by atoms with Crippen molar-refractivity contribution in [2.75, 3.05) is 18.0 Å². The molecule has 1 amide bonds. The van der Waals surface area contributed by atoms with Gasteiger partial charge in [0.05, 0.1) is 17.1 Å². The Morgan fingerprint density at radius 3 is 2.63 bits per heavy atom. The van der Waals surface area contributed by atoms with Crippen molar-refractivity contribution in [2.45, 2.75) is 58.0 Å². The number of aromatic nitrogens is 3. The van der Waals surface area contributed by atoms with E-state index in [0.29, 0.717) is 18.0 Å². The first-order valence-electron chi connectivity index (χ1n) is 11.2. The van der Waals surface area contributed by atoms with Crippen molar-refractivity contribution in [3.8, 4) is 0 Å². The predicted molar refractivity (Wildman–Crippen MR) is 119 cm³/mol. The van der Waals surface area contributed by atoms with E-state index in [-0.39, 0.29) is 5.91 Å². The molecule has 1 saturated carbocycles. The zero-order valence-electron chi connectivity index (χ0n) is 17.6. The lowest BCUT2D eigenvalue weighted by atomic mass is 10.1. The van der Waals surface area contributed by atoms with Gasteiger partial charge in [-0.25, -0.2) is 9.67 Å². The lowest BCUT2D eigenvalue weighted by molar-refractivity contribution is 0.0952. The Labute approximate surface area is 177 Å². The molecule has 2 aromatic heterocycles. The fourth-order valence-electron chi connectivity index (χ4n) is 4.30. The van der Waals surface area contributed by atoms with Crippen LogP contribution in [0.5, 0.6) is 0 Å². The Kier molecular flexibility index (Phi) is 5.15. The number of carbonyl (C=O) groups is 1. The number of anilines is 1. The molecule has 156 valence electrons. The Bertz CT molecular complexity index is 1050. The number of fused-ring (bicyclic) bond motifs is 1. The van der Waals surface area contributed by atoms with Gasteiger partial charge in [-0.05, 0) is 55.9 Å². The summed E-state index contributed by atoms with van der Waals surface area (Å²) in [6, 6.07) is 10.5. The second kappa shape index (κ2) is 8.09. The summed E-state index contributed by atoms with van der Waals surface area (Å²) in [5, 5.41) is 8.43. The van der Waals surface area contributed by atoms with Crippen LogP contribution in [-0.2, 0) is 13.1 Å². The summed E-state index contributed by atoms with van der Waals surface area (Å²) in [4.78, 5) is 20.3. The van der Waals surface area contributed by atoms with E-state index in [1.54, 1.807) is 6.20 Å². The first-order chi connectivity index (χ1) is 14.7. The van der Waals surface area contributed by atoms with Gasteiger partial charge in [0.15, 0.2) is 5.65 Å². The molecule has 1 N–H and O–H groups in total. The van der Waals surface area contributed by atoms with Gasteiger partial charge in [0, 0.05) is 43.5 Å². The molecule has 0 bridgehead atoms. The fraction of sp³-hybridized carbons (Fsp3) is 0.458. The molecule has 6 heteroatoms.